The Morgan fingerprint density at radius 3 is 2.24 bits per heavy atom. The fraction of sp³-hybridized carbons (Fsp3) is 0.0714. The minimum absolute atomic E-state index is 0. The first-order valence-corrected chi connectivity index (χ1v) is 7.28. The van der Waals surface area contributed by atoms with E-state index in [-0.39, 0.29) is 50.6 Å². The number of anilines is 1. The van der Waals surface area contributed by atoms with Crippen LogP contribution in [0.15, 0.2) is 58.3 Å². The van der Waals surface area contributed by atoms with Crippen LogP contribution in [-0.2, 0) is 21.1 Å². The van der Waals surface area contributed by atoms with Crippen molar-refractivity contribution in [2.45, 2.75) is 16.2 Å². The smallest absolute Gasteiger partial charge is 0.550 e. The zero-order chi connectivity index (χ0) is 14.8. The summed E-state index contributed by atoms with van der Waals surface area (Å²) in [6, 6.07) is 12.1. The summed E-state index contributed by atoms with van der Waals surface area (Å²) in [5.74, 6) is -1.31. The Bertz CT molecular complexity index is 745. The second kappa shape index (κ2) is 7.09. The largest absolute Gasteiger partial charge is 1.00 e. The Kier molecular flexibility index (Phi) is 5.98. The Labute approximate surface area is 145 Å². The van der Waals surface area contributed by atoms with Gasteiger partial charge >= 0.3 is 29.6 Å². The molecule has 0 unspecified atom stereocenters. The van der Waals surface area contributed by atoms with Crippen LogP contribution in [-0.4, -0.2) is 14.4 Å². The van der Waals surface area contributed by atoms with E-state index in [4.69, 9.17) is 5.73 Å². The van der Waals surface area contributed by atoms with E-state index in [1.54, 1.807) is 18.2 Å². The molecule has 0 saturated heterocycles. The third kappa shape index (κ3) is 3.85. The number of aliphatic carboxylic acids is 1. The molecule has 2 aromatic carbocycles. The summed E-state index contributed by atoms with van der Waals surface area (Å²) in [5.41, 5.74) is 5.95. The predicted octanol–water partition coefficient (Wildman–Crippen LogP) is -2.60. The van der Waals surface area contributed by atoms with Gasteiger partial charge < -0.3 is 15.6 Å². The number of nitrogen functional groups attached to an aromatic ring is 1. The molecular weight excluding hydrogens is 301 g/mol. The van der Waals surface area contributed by atoms with E-state index < -0.39 is 22.2 Å². The number of benzene rings is 2. The fourth-order valence-corrected chi connectivity index (χ4v) is 3.31. The van der Waals surface area contributed by atoms with E-state index in [9.17, 15) is 18.3 Å². The molecule has 2 aromatic rings. The minimum Gasteiger partial charge on any atom is -0.550 e. The number of hydrogen-bond donors (Lipinski definition) is 1. The summed E-state index contributed by atoms with van der Waals surface area (Å²) in [6.07, 6.45) is -0.427. The van der Waals surface area contributed by atoms with Gasteiger partial charge in [0.25, 0.3) is 0 Å². The van der Waals surface area contributed by atoms with Crippen LogP contribution in [0.1, 0.15) is 5.56 Å². The molecule has 0 aliphatic rings. The van der Waals surface area contributed by atoms with Gasteiger partial charge in [0.05, 0.1) is 15.5 Å². The number of carbonyl (C=O) groups is 1. The van der Waals surface area contributed by atoms with Crippen LogP contribution in [0.4, 0.5) is 5.69 Å². The maximum atomic E-state index is 12.4. The van der Waals surface area contributed by atoms with E-state index in [2.05, 4.69) is 0 Å². The average molecular weight is 313 g/mol. The van der Waals surface area contributed by atoms with Crippen molar-refractivity contribution in [3.63, 3.8) is 0 Å². The van der Waals surface area contributed by atoms with Gasteiger partial charge in [-0.2, -0.15) is 0 Å². The minimum atomic E-state index is -3.77. The quantitative estimate of drug-likeness (QED) is 0.493. The third-order valence-corrected chi connectivity index (χ3v) is 4.66. The molecule has 5 nitrogen and oxygen atoms in total. The first-order chi connectivity index (χ1) is 9.43. The molecule has 0 amide bonds. The molecule has 0 radical (unpaired) electrons. The fourth-order valence-electron chi connectivity index (χ4n) is 1.86. The van der Waals surface area contributed by atoms with Gasteiger partial charge in [-0.1, -0.05) is 30.3 Å². The van der Waals surface area contributed by atoms with Gasteiger partial charge in [0.15, 0.2) is 0 Å². The molecule has 0 atom stereocenters. The molecule has 7 heteroatoms. The van der Waals surface area contributed by atoms with Gasteiger partial charge in [-0.25, -0.2) is 8.42 Å². The number of carbonyl (C=O) groups excluding carboxylic acids is 1. The topological polar surface area (TPSA) is 100 Å². The van der Waals surface area contributed by atoms with Crippen molar-refractivity contribution < 1.29 is 47.9 Å². The standard InChI is InChI=1S/C14H13NO4S.Na/c15-14-10(9-13(16)17)5-4-8-12(14)20(18,19)11-6-2-1-3-7-11;/h1-8H,9,15H2,(H,16,17);/q;+1/p-1. The summed E-state index contributed by atoms with van der Waals surface area (Å²) in [7, 11) is -3.77. The first kappa shape index (κ1) is 17.7. The molecule has 0 saturated carbocycles. The second-order valence-electron chi connectivity index (χ2n) is 4.19. The molecule has 0 heterocycles. The number of nitrogens with two attached hydrogens (primary N) is 1. The van der Waals surface area contributed by atoms with Crippen LogP contribution < -0.4 is 40.4 Å². The van der Waals surface area contributed by atoms with E-state index >= 15 is 0 Å². The van der Waals surface area contributed by atoms with Gasteiger partial charge in [-0.3, -0.25) is 0 Å². The molecule has 0 aromatic heterocycles. The van der Waals surface area contributed by atoms with E-state index in [1.165, 1.54) is 30.3 Å². The van der Waals surface area contributed by atoms with Crippen LogP contribution in [0, 0.1) is 0 Å². The first-order valence-electron chi connectivity index (χ1n) is 5.80. The number of carboxylic acids is 1. The van der Waals surface area contributed by atoms with Crippen LogP contribution >= 0.6 is 0 Å². The summed E-state index contributed by atoms with van der Waals surface area (Å²) in [4.78, 5) is 10.6. The molecule has 0 aliphatic carbocycles. The van der Waals surface area contributed by atoms with Crippen LogP contribution in [0.2, 0.25) is 0 Å². The molecule has 0 aliphatic heterocycles. The normalized spacial score (nSPS) is 10.7. The van der Waals surface area contributed by atoms with Crippen molar-refractivity contribution in [3.05, 3.63) is 54.1 Å². The van der Waals surface area contributed by atoms with E-state index in [0.717, 1.165) is 0 Å². The van der Waals surface area contributed by atoms with Crippen molar-refractivity contribution in [3.8, 4) is 0 Å². The zero-order valence-corrected chi connectivity index (χ0v) is 14.3. The Hall–Kier alpha value is -1.34. The molecular formula is C14H12NNaO4S. The number of sulfone groups is 1. The van der Waals surface area contributed by atoms with Crippen LogP contribution in [0.25, 0.3) is 0 Å². The molecule has 21 heavy (non-hydrogen) atoms. The molecule has 0 bridgehead atoms. The van der Waals surface area contributed by atoms with Gasteiger partial charge in [0.1, 0.15) is 0 Å². The molecule has 0 spiro atoms. The van der Waals surface area contributed by atoms with Crippen molar-refractivity contribution in [2.24, 2.45) is 0 Å². The summed E-state index contributed by atoms with van der Waals surface area (Å²) in [5, 5.41) is 10.6. The average Bonchev–Trinajstić information content (AvgIpc) is 2.41. The number of hydrogen-bond acceptors (Lipinski definition) is 5. The number of para-hydroxylation sites is 1. The maximum absolute atomic E-state index is 12.4. The monoisotopic (exact) mass is 313 g/mol. The SMILES string of the molecule is Nc1c(CC(=O)[O-])cccc1S(=O)(=O)c1ccccc1.[Na+]. The van der Waals surface area contributed by atoms with Crippen molar-refractivity contribution in [1.82, 2.24) is 0 Å². The summed E-state index contributed by atoms with van der Waals surface area (Å²) >= 11 is 0. The van der Waals surface area contributed by atoms with Gasteiger partial charge in [0, 0.05) is 12.4 Å². The molecule has 0 fully saturated rings. The van der Waals surface area contributed by atoms with Crippen molar-refractivity contribution >= 4 is 21.5 Å². The van der Waals surface area contributed by atoms with Crippen LogP contribution in [0.5, 0.6) is 0 Å². The summed E-state index contributed by atoms with van der Waals surface area (Å²) in [6.45, 7) is 0. The molecule has 104 valence electrons. The number of rotatable bonds is 4. The number of carboxylic acid groups (broad SMARTS) is 1. The van der Waals surface area contributed by atoms with Crippen molar-refractivity contribution in [2.75, 3.05) is 5.73 Å². The van der Waals surface area contributed by atoms with Crippen LogP contribution in [0.3, 0.4) is 0 Å². The molecule has 2 rings (SSSR count). The Morgan fingerprint density at radius 1 is 1.05 bits per heavy atom. The third-order valence-electron chi connectivity index (χ3n) is 2.83. The Balaban J connectivity index is 0.00000220. The van der Waals surface area contributed by atoms with E-state index in [1.807, 2.05) is 0 Å². The summed E-state index contributed by atoms with van der Waals surface area (Å²) < 4.78 is 24.9. The zero-order valence-electron chi connectivity index (χ0n) is 11.4. The molecule has 2 N–H and O–H groups in total. The predicted molar refractivity (Wildman–Crippen MR) is 71.5 cm³/mol. The van der Waals surface area contributed by atoms with Gasteiger partial charge in [-0.15, -0.1) is 0 Å². The van der Waals surface area contributed by atoms with Crippen molar-refractivity contribution in [1.29, 1.82) is 0 Å². The van der Waals surface area contributed by atoms with Gasteiger partial charge in [-0.05, 0) is 23.8 Å². The Morgan fingerprint density at radius 2 is 1.67 bits per heavy atom. The van der Waals surface area contributed by atoms with E-state index in [0.29, 0.717) is 0 Å². The maximum Gasteiger partial charge on any atom is 1.00 e. The van der Waals surface area contributed by atoms with Gasteiger partial charge in [0.2, 0.25) is 9.84 Å². The second-order valence-corrected chi connectivity index (χ2v) is 6.11.